The maximum atomic E-state index is 12.6. The number of benzene rings is 1. The summed E-state index contributed by atoms with van der Waals surface area (Å²) >= 11 is 0. The van der Waals surface area contributed by atoms with Crippen LogP contribution in [0.1, 0.15) is 30.9 Å². The smallest absolute Gasteiger partial charge is 0.276 e. The van der Waals surface area contributed by atoms with E-state index in [9.17, 15) is 8.42 Å². The highest BCUT2D eigenvalue weighted by atomic mass is 32.2. The fourth-order valence-corrected chi connectivity index (χ4v) is 3.28. The first-order valence-corrected chi connectivity index (χ1v) is 8.51. The van der Waals surface area contributed by atoms with E-state index in [2.05, 4.69) is 24.8 Å². The van der Waals surface area contributed by atoms with E-state index >= 15 is 0 Å². The van der Waals surface area contributed by atoms with Crippen molar-refractivity contribution in [1.29, 1.82) is 0 Å². The van der Waals surface area contributed by atoms with E-state index in [1.165, 1.54) is 17.2 Å². The monoisotopic (exact) mass is 332 g/mol. The molecule has 0 aliphatic carbocycles. The van der Waals surface area contributed by atoms with Crippen molar-refractivity contribution in [2.24, 2.45) is 0 Å². The second-order valence-corrected chi connectivity index (χ2v) is 7.02. The van der Waals surface area contributed by atoms with Gasteiger partial charge in [0.2, 0.25) is 0 Å². The van der Waals surface area contributed by atoms with Crippen molar-refractivity contribution in [1.82, 2.24) is 24.6 Å². The summed E-state index contributed by atoms with van der Waals surface area (Å²) in [6.07, 6.45) is 2.63. The van der Waals surface area contributed by atoms with Gasteiger partial charge < -0.3 is 0 Å². The molecule has 0 bridgehead atoms. The van der Waals surface area contributed by atoms with Crippen LogP contribution in [0.4, 0.5) is 5.69 Å². The number of nitrogens with one attached hydrogen (secondary N) is 1. The summed E-state index contributed by atoms with van der Waals surface area (Å²) in [7, 11) is -3.91. The molecule has 0 fully saturated rings. The van der Waals surface area contributed by atoms with E-state index in [0.29, 0.717) is 5.69 Å². The molecule has 9 heteroatoms. The Hall–Kier alpha value is -2.55. The predicted octanol–water partition coefficient (Wildman–Crippen LogP) is 1.75. The zero-order valence-corrected chi connectivity index (χ0v) is 13.7. The van der Waals surface area contributed by atoms with Crippen LogP contribution in [0.5, 0.6) is 0 Å². The second kappa shape index (κ2) is 5.58. The molecule has 8 nitrogen and oxygen atoms in total. The Morgan fingerprint density at radius 1 is 1.26 bits per heavy atom. The minimum atomic E-state index is -3.91. The maximum absolute atomic E-state index is 12.6. The third-order valence-electron chi connectivity index (χ3n) is 3.41. The number of sulfonamides is 1. The third kappa shape index (κ3) is 2.87. The topological polar surface area (TPSA) is 102 Å². The zero-order valence-electron chi connectivity index (χ0n) is 12.9. The van der Waals surface area contributed by atoms with Gasteiger partial charge in [0, 0.05) is 0 Å². The first-order chi connectivity index (χ1) is 10.9. The molecule has 3 aromatic rings. The van der Waals surface area contributed by atoms with E-state index in [1.54, 1.807) is 0 Å². The van der Waals surface area contributed by atoms with Crippen LogP contribution in [0, 0.1) is 6.92 Å². The Kier molecular flexibility index (Phi) is 3.72. The lowest BCUT2D eigenvalue weighted by Crippen LogP contribution is -2.17. The number of fused-ring (bicyclic) bond motifs is 1. The summed E-state index contributed by atoms with van der Waals surface area (Å²) in [6.45, 7) is 5.86. The molecule has 0 atom stereocenters. The Bertz CT molecular complexity index is 931. The highest BCUT2D eigenvalue weighted by Crippen LogP contribution is 2.29. The SMILES string of the molecule is Cc1cccc(C(C)C)c1NS(=O)(=O)c1nc2ncncn2n1. The molecule has 0 saturated heterocycles. The van der Waals surface area contributed by atoms with Gasteiger partial charge in [0.05, 0.1) is 5.69 Å². The summed E-state index contributed by atoms with van der Waals surface area (Å²) in [4.78, 5) is 11.6. The van der Waals surface area contributed by atoms with Crippen LogP contribution >= 0.6 is 0 Å². The minimum Gasteiger partial charge on any atom is -0.276 e. The van der Waals surface area contributed by atoms with Gasteiger partial charge in [-0.1, -0.05) is 32.0 Å². The largest absolute Gasteiger partial charge is 0.299 e. The van der Waals surface area contributed by atoms with Crippen molar-refractivity contribution in [3.63, 3.8) is 0 Å². The Labute approximate surface area is 133 Å². The molecule has 3 rings (SSSR count). The van der Waals surface area contributed by atoms with Crippen molar-refractivity contribution in [2.75, 3.05) is 4.72 Å². The lowest BCUT2D eigenvalue weighted by atomic mass is 9.99. The van der Waals surface area contributed by atoms with Crippen molar-refractivity contribution in [3.05, 3.63) is 42.0 Å². The lowest BCUT2D eigenvalue weighted by molar-refractivity contribution is 0.592. The molecule has 0 aliphatic heterocycles. The normalized spacial score (nSPS) is 12.0. The molecule has 120 valence electrons. The number of hydrogen-bond donors (Lipinski definition) is 1. The van der Waals surface area contributed by atoms with Crippen LogP contribution in [0.3, 0.4) is 0 Å². The molecule has 0 unspecified atom stereocenters. The van der Waals surface area contributed by atoms with Crippen LogP contribution in [-0.2, 0) is 10.0 Å². The van der Waals surface area contributed by atoms with Crippen LogP contribution in [0.2, 0.25) is 0 Å². The highest BCUT2D eigenvalue weighted by Gasteiger charge is 2.23. The van der Waals surface area contributed by atoms with Gasteiger partial charge in [-0.2, -0.15) is 22.9 Å². The van der Waals surface area contributed by atoms with Gasteiger partial charge in [-0.05, 0) is 24.0 Å². The molecule has 0 spiro atoms. The molecule has 0 saturated carbocycles. The molecule has 2 aromatic heterocycles. The molecular weight excluding hydrogens is 316 g/mol. The number of hydrogen-bond acceptors (Lipinski definition) is 6. The van der Waals surface area contributed by atoms with E-state index in [0.717, 1.165) is 11.1 Å². The average Bonchev–Trinajstić information content (AvgIpc) is 2.94. The van der Waals surface area contributed by atoms with E-state index in [1.807, 2.05) is 39.0 Å². The minimum absolute atomic E-state index is 0.174. The molecule has 23 heavy (non-hydrogen) atoms. The van der Waals surface area contributed by atoms with Crippen LogP contribution < -0.4 is 4.72 Å². The fraction of sp³-hybridized carbons (Fsp3) is 0.286. The summed E-state index contributed by atoms with van der Waals surface area (Å²) in [5, 5.41) is 3.58. The molecular formula is C14H16N6O2S. The first-order valence-electron chi connectivity index (χ1n) is 7.03. The van der Waals surface area contributed by atoms with Crippen molar-refractivity contribution < 1.29 is 8.42 Å². The van der Waals surface area contributed by atoms with Crippen molar-refractivity contribution in [3.8, 4) is 0 Å². The van der Waals surface area contributed by atoms with Gasteiger partial charge in [0.15, 0.2) is 0 Å². The van der Waals surface area contributed by atoms with E-state index in [4.69, 9.17) is 0 Å². The standard InChI is InChI=1S/C14H16N6O2S/c1-9(2)11-6-4-5-10(3)12(11)19-23(21,22)14-17-13-16-7-15-8-20(13)18-14/h4-9,19H,1-3H3. The number of aryl methyl sites for hydroxylation is 1. The quantitative estimate of drug-likeness (QED) is 0.781. The number of para-hydroxylation sites is 1. The van der Waals surface area contributed by atoms with Gasteiger partial charge in [0.25, 0.3) is 21.0 Å². The summed E-state index contributed by atoms with van der Waals surface area (Å²) in [6, 6.07) is 5.66. The molecule has 2 heterocycles. The Morgan fingerprint density at radius 3 is 2.74 bits per heavy atom. The highest BCUT2D eigenvalue weighted by molar-refractivity contribution is 7.92. The number of nitrogens with zero attached hydrogens (tertiary/aromatic N) is 5. The zero-order chi connectivity index (χ0) is 16.6. The number of rotatable bonds is 4. The number of anilines is 1. The molecule has 0 radical (unpaired) electrons. The predicted molar refractivity (Wildman–Crippen MR) is 84.7 cm³/mol. The van der Waals surface area contributed by atoms with Crippen molar-refractivity contribution >= 4 is 21.5 Å². The second-order valence-electron chi connectivity index (χ2n) is 5.45. The Balaban J connectivity index is 2.05. The number of aromatic nitrogens is 5. The maximum Gasteiger partial charge on any atom is 0.299 e. The molecule has 0 amide bonds. The van der Waals surface area contributed by atoms with Crippen LogP contribution in [0.25, 0.3) is 5.78 Å². The van der Waals surface area contributed by atoms with Crippen LogP contribution in [0.15, 0.2) is 36.0 Å². The summed E-state index contributed by atoms with van der Waals surface area (Å²) < 4.78 is 29.0. The molecule has 1 aromatic carbocycles. The van der Waals surface area contributed by atoms with E-state index < -0.39 is 10.0 Å². The fourth-order valence-electron chi connectivity index (χ4n) is 2.24. The first kappa shape index (κ1) is 15.3. The molecule has 1 N–H and O–H groups in total. The van der Waals surface area contributed by atoms with Gasteiger partial charge in [-0.15, -0.1) is 5.10 Å². The summed E-state index contributed by atoms with van der Waals surface area (Å²) in [5.41, 5.74) is 2.31. The molecule has 0 aliphatic rings. The van der Waals surface area contributed by atoms with Crippen LogP contribution in [-0.4, -0.2) is 33.0 Å². The average molecular weight is 332 g/mol. The summed E-state index contributed by atoms with van der Waals surface area (Å²) in [5.74, 6) is 0.349. The van der Waals surface area contributed by atoms with E-state index in [-0.39, 0.29) is 16.9 Å². The van der Waals surface area contributed by atoms with Crippen molar-refractivity contribution in [2.45, 2.75) is 31.8 Å². The van der Waals surface area contributed by atoms with Gasteiger partial charge >= 0.3 is 0 Å². The van der Waals surface area contributed by atoms with Gasteiger partial charge in [-0.3, -0.25) is 4.72 Å². The lowest BCUT2D eigenvalue weighted by Gasteiger charge is -2.16. The Morgan fingerprint density at radius 2 is 2.04 bits per heavy atom. The third-order valence-corrected chi connectivity index (χ3v) is 4.54. The van der Waals surface area contributed by atoms with Gasteiger partial charge in [-0.25, -0.2) is 4.98 Å². The van der Waals surface area contributed by atoms with Gasteiger partial charge in [0.1, 0.15) is 12.7 Å².